The van der Waals surface area contributed by atoms with Crippen LogP contribution in [0, 0.1) is 11.8 Å². The molecule has 0 saturated carbocycles. The molecule has 0 aliphatic carbocycles. The zero-order valence-corrected chi connectivity index (χ0v) is 61.1. The number of rotatable bonds is 70. The van der Waals surface area contributed by atoms with Crippen molar-refractivity contribution in [1.82, 2.24) is 0 Å². The second kappa shape index (κ2) is 64.5. The maximum atomic E-state index is 13.1. The molecule has 0 aromatic rings. The van der Waals surface area contributed by atoms with Crippen molar-refractivity contribution in [2.24, 2.45) is 11.8 Å². The lowest BCUT2D eigenvalue weighted by atomic mass is 10.0. The van der Waals surface area contributed by atoms with Crippen molar-refractivity contribution in [2.45, 2.75) is 368 Å². The summed E-state index contributed by atoms with van der Waals surface area (Å²) in [4.78, 5) is 72.4. The van der Waals surface area contributed by atoms with Crippen LogP contribution in [0.5, 0.6) is 0 Å². The Morgan fingerprint density at radius 1 is 0.337 bits per heavy atom. The number of unbranched alkanes of at least 4 members (excludes halogenated alkanes) is 37. The minimum Gasteiger partial charge on any atom is -0.462 e. The summed E-state index contributed by atoms with van der Waals surface area (Å²) in [6.07, 6.45) is 54.0. The first-order valence-corrected chi connectivity index (χ1v) is 40.3. The van der Waals surface area contributed by atoms with Crippen LogP contribution in [0.1, 0.15) is 350 Å². The number of ether oxygens (including phenoxy) is 4. The van der Waals surface area contributed by atoms with E-state index < -0.39 is 97.5 Å². The third-order valence-electron chi connectivity index (χ3n) is 16.3. The molecule has 542 valence electrons. The summed E-state index contributed by atoms with van der Waals surface area (Å²) in [5.41, 5.74) is 0. The predicted octanol–water partition coefficient (Wildman–Crippen LogP) is 20.7. The largest absolute Gasteiger partial charge is 0.472 e. The maximum absolute atomic E-state index is 13.1. The predicted molar refractivity (Wildman–Crippen MR) is 372 cm³/mol. The lowest BCUT2D eigenvalue weighted by molar-refractivity contribution is -0.161. The molecule has 0 bridgehead atoms. The molecule has 0 amide bonds. The Morgan fingerprint density at radius 3 is 0.891 bits per heavy atom. The van der Waals surface area contributed by atoms with E-state index in [1.807, 2.05) is 0 Å². The lowest BCUT2D eigenvalue weighted by Gasteiger charge is -2.21. The van der Waals surface area contributed by atoms with Crippen LogP contribution in [-0.4, -0.2) is 96.7 Å². The Morgan fingerprint density at radius 2 is 0.587 bits per heavy atom. The first-order chi connectivity index (χ1) is 44.4. The van der Waals surface area contributed by atoms with Crippen molar-refractivity contribution in [3.63, 3.8) is 0 Å². The molecule has 17 nitrogen and oxygen atoms in total. The van der Waals surface area contributed by atoms with Gasteiger partial charge in [-0.15, -0.1) is 0 Å². The van der Waals surface area contributed by atoms with E-state index in [-0.39, 0.29) is 25.7 Å². The van der Waals surface area contributed by atoms with Gasteiger partial charge in [-0.05, 0) is 63.2 Å². The second-order valence-electron chi connectivity index (χ2n) is 26.6. The molecule has 0 fully saturated rings. The number of phosphoric acid groups is 2. The molecule has 0 spiro atoms. The van der Waals surface area contributed by atoms with E-state index >= 15 is 0 Å². The fourth-order valence-corrected chi connectivity index (χ4v) is 12.2. The van der Waals surface area contributed by atoms with Crippen molar-refractivity contribution in [1.29, 1.82) is 0 Å². The minimum atomic E-state index is -4.96. The first kappa shape index (κ1) is 89.5. The summed E-state index contributed by atoms with van der Waals surface area (Å²) < 4.78 is 68.1. The standard InChI is InChI=1S/C73H138O17P2/c1-7-9-11-13-15-16-17-18-23-27-30-33-37-44-50-56-71(76)84-62-68(89-72(77)57-51-45-38-34-31-28-25-22-20-19-21-24-26-29-32-36-41-47-53-65(3)4)63-87-91(79,80)85-59-67(74)60-86-92(81,82)88-64-69(61-83-70(75)55-49-43-35-14-12-10-8-2)90-73(78)58-52-46-40-39-42-48-54-66(5)6/h16-18,23,65-69,74H,7-15,19-22,24-64H2,1-6H3,(H,79,80)(H,81,82)/b17-16-,23-18-/t67-,68-,69-/m1/s1. The number of carbonyl (C=O) groups excluding carboxylic acids is 4. The van der Waals surface area contributed by atoms with Crippen molar-refractivity contribution < 1.29 is 80.2 Å². The molecule has 0 aliphatic heterocycles. The summed E-state index contributed by atoms with van der Waals surface area (Å²) in [6.45, 7) is 9.39. The van der Waals surface area contributed by atoms with E-state index in [9.17, 15) is 43.2 Å². The Kier molecular flexibility index (Phi) is 62.8. The normalized spacial score (nSPS) is 14.2. The average molecular weight is 1350 g/mol. The maximum Gasteiger partial charge on any atom is 0.472 e. The van der Waals surface area contributed by atoms with Gasteiger partial charge in [0.15, 0.2) is 12.2 Å². The van der Waals surface area contributed by atoms with E-state index in [0.29, 0.717) is 31.6 Å². The van der Waals surface area contributed by atoms with Crippen molar-refractivity contribution in [3.8, 4) is 0 Å². The lowest BCUT2D eigenvalue weighted by Crippen LogP contribution is -2.30. The third-order valence-corrected chi connectivity index (χ3v) is 18.2. The summed E-state index contributed by atoms with van der Waals surface area (Å²) in [5.74, 6) is -0.674. The van der Waals surface area contributed by atoms with Gasteiger partial charge >= 0.3 is 39.5 Å². The molecule has 92 heavy (non-hydrogen) atoms. The van der Waals surface area contributed by atoms with Gasteiger partial charge in [-0.1, -0.05) is 297 Å². The van der Waals surface area contributed by atoms with Crippen LogP contribution < -0.4 is 0 Å². The van der Waals surface area contributed by atoms with Crippen LogP contribution in [0.2, 0.25) is 0 Å². The van der Waals surface area contributed by atoms with Crippen LogP contribution in [0.4, 0.5) is 0 Å². The SMILES string of the molecule is CCCCCC/C=C\C=C/CCCCCCCC(=O)OC[C@H](COP(=O)(O)OC[C@@H](O)COP(=O)(O)OC[C@@H](COC(=O)CCCCCCCCC)OC(=O)CCCCCCCCC(C)C)OC(=O)CCCCCCCCCCCCCCCCCCCCC(C)C. The summed E-state index contributed by atoms with van der Waals surface area (Å²) in [7, 11) is -9.91. The number of hydrogen-bond donors (Lipinski definition) is 3. The molecule has 0 saturated heterocycles. The molecule has 0 heterocycles. The van der Waals surface area contributed by atoms with Gasteiger partial charge in [0.25, 0.3) is 0 Å². The molecule has 0 aliphatic rings. The van der Waals surface area contributed by atoms with Crippen molar-refractivity contribution >= 4 is 39.5 Å². The fourth-order valence-electron chi connectivity index (χ4n) is 10.6. The molecule has 0 radical (unpaired) electrons. The van der Waals surface area contributed by atoms with Gasteiger partial charge in [-0.25, -0.2) is 9.13 Å². The highest BCUT2D eigenvalue weighted by molar-refractivity contribution is 7.47. The van der Waals surface area contributed by atoms with Gasteiger partial charge in [-0.3, -0.25) is 37.3 Å². The van der Waals surface area contributed by atoms with Crippen LogP contribution in [0.15, 0.2) is 24.3 Å². The van der Waals surface area contributed by atoms with Crippen LogP contribution in [-0.2, 0) is 65.4 Å². The number of aliphatic hydroxyl groups is 1. The molecular weight excluding hydrogens is 1210 g/mol. The molecule has 0 aromatic heterocycles. The highest BCUT2D eigenvalue weighted by Crippen LogP contribution is 2.45. The van der Waals surface area contributed by atoms with Crippen LogP contribution >= 0.6 is 15.6 Å². The molecule has 0 rings (SSSR count). The van der Waals surface area contributed by atoms with Gasteiger partial charge in [-0.2, -0.15) is 0 Å². The van der Waals surface area contributed by atoms with E-state index in [2.05, 4.69) is 65.8 Å². The quantitative estimate of drug-likeness (QED) is 0.0169. The minimum absolute atomic E-state index is 0.0994. The molecule has 19 heteroatoms. The van der Waals surface area contributed by atoms with Gasteiger partial charge in [0, 0.05) is 25.7 Å². The molecule has 3 N–H and O–H groups in total. The molecular formula is C73H138O17P2. The van der Waals surface area contributed by atoms with Gasteiger partial charge in [0.05, 0.1) is 26.4 Å². The average Bonchev–Trinajstić information content (AvgIpc) is 1.87. The summed E-state index contributed by atoms with van der Waals surface area (Å²) >= 11 is 0. The van der Waals surface area contributed by atoms with Gasteiger partial charge in [0.2, 0.25) is 0 Å². The van der Waals surface area contributed by atoms with E-state index in [0.717, 1.165) is 128 Å². The Labute approximate surface area is 561 Å². The van der Waals surface area contributed by atoms with Crippen LogP contribution in [0.25, 0.3) is 0 Å². The number of aliphatic hydroxyl groups excluding tert-OH is 1. The van der Waals surface area contributed by atoms with E-state index in [1.54, 1.807) is 0 Å². The second-order valence-corrected chi connectivity index (χ2v) is 29.5. The molecule has 0 aromatic carbocycles. The Balaban J connectivity index is 5.18. The number of esters is 4. The zero-order valence-electron chi connectivity index (χ0n) is 59.3. The molecule has 5 atom stereocenters. The Bertz CT molecular complexity index is 1880. The molecule has 2 unspecified atom stereocenters. The first-order valence-electron chi connectivity index (χ1n) is 37.3. The third kappa shape index (κ3) is 66.2. The van der Waals surface area contributed by atoms with Crippen molar-refractivity contribution in [3.05, 3.63) is 24.3 Å². The highest BCUT2D eigenvalue weighted by Gasteiger charge is 2.30. The van der Waals surface area contributed by atoms with Gasteiger partial charge in [0.1, 0.15) is 19.3 Å². The number of carbonyl (C=O) groups is 4. The van der Waals surface area contributed by atoms with E-state index in [1.165, 1.54) is 135 Å². The highest BCUT2D eigenvalue weighted by atomic mass is 31.2. The monoisotopic (exact) mass is 1350 g/mol. The Hall–Kier alpha value is -2.46. The van der Waals surface area contributed by atoms with Gasteiger partial charge < -0.3 is 33.8 Å². The summed E-state index contributed by atoms with van der Waals surface area (Å²) in [5, 5.41) is 10.6. The number of phosphoric ester groups is 2. The smallest absolute Gasteiger partial charge is 0.462 e. The summed E-state index contributed by atoms with van der Waals surface area (Å²) in [6, 6.07) is 0. The van der Waals surface area contributed by atoms with Crippen molar-refractivity contribution in [2.75, 3.05) is 39.6 Å². The topological polar surface area (TPSA) is 237 Å². The number of allylic oxidation sites excluding steroid dienone is 4. The fraction of sp³-hybridized carbons (Fsp3) is 0.890. The zero-order chi connectivity index (χ0) is 67.9. The van der Waals surface area contributed by atoms with Crippen LogP contribution in [0.3, 0.4) is 0 Å². The van der Waals surface area contributed by atoms with E-state index in [4.69, 9.17) is 37.0 Å². The number of hydrogen-bond acceptors (Lipinski definition) is 15.